The van der Waals surface area contributed by atoms with E-state index in [2.05, 4.69) is 20.8 Å². The van der Waals surface area contributed by atoms with E-state index in [1.54, 1.807) is 13.8 Å². The van der Waals surface area contributed by atoms with Gasteiger partial charge in [-0.15, -0.1) is 0 Å². The molecule has 2 aliphatic heterocycles. The van der Waals surface area contributed by atoms with Crippen LogP contribution in [0, 0.1) is 46.3 Å². The first-order chi connectivity index (χ1) is 18.2. The fraction of sp³-hybridized carbons (Fsp3) is 0.938. The number of esters is 2. The fourth-order valence-electron chi connectivity index (χ4n) is 11.1. The van der Waals surface area contributed by atoms with Gasteiger partial charge in [-0.25, -0.2) is 0 Å². The molecule has 1 spiro atoms. The summed E-state index contributed by atoms with van der Waals surface area (Å²) in [7, 11) is 0. The summed E-state index contributed by atoms with van der Waals surface area (Å²) in [5, 5.41) is 10.8. The van der Waals surface area contributed by atoms with Crippen molar-refractivity contribution >= 4 is 11.9 Å². The zero-order chi connectivity index (χ0) is 28.1. The average Bonchev–Trinajstić information content (AvgIpc) is 3.17. The summed E-state index contributed by atoms with van der Waals surface area (Å²) < 4.78 is 24.2. The highest BCUT2D eigenvalue weighted by Gasteiger charge is 2.76. The molecule has 0 amide bonds. The van der Waals surface area contributed by atoms with Gasteiger partial charge in [0, 0.05) is 25.7 Å². The Morgan fingerprint density at radius 1 is 0.974 bits per heavy atom. The van der Waals surface area contributed by atoms with E-state index in [1.165, 1.54) is 39.5 Å². The molecule has 7 nitrogen and oxygen atoms in total. The molecule has 6 fully saturated rings. The summed E-state index contributed by atoms with van der Waals surface area (Å²) in [5.41, 5.74) is -0.652. The van der Waals surface area contributed by atoms with Crippen LogP contribution < -0.4 is 0 Å². The summed E-state index contributed by atoms with van der Waals surface area (Å²) in [6, 6.07) is 0. The summed E-state index contributed by atoms with van der Waals surface area (Å²) in [5.74, 6) is 2.14. The molecule has 39 heavy (non-hydrogen) atoms. The summed E-state index contributed by atoms with van der Waals surface area (Å²) in [4.78, 5) is 23.4. The molecule has 0 aromatic rings. The lowest BCUT2D eigenvalue weighted by molar-refractivity contribution is -0.195. The van der Waals surface area contributed by atoms with E-state index < -0.39 is 11.9 Å². The monoisotopic (exact) mass is 546 g/mol. The Hall–Kier alpha value is -1.18. The van der Waals surface area contributed by atoms with Gasteiger partial charge >= 0.3 is 11.9 Å². The van der Waals surface area contributed by atoms with E-state index in [0.29, 0.717) is 42.1 Å². The Balaban J connectivity index is 1.18. The molecule has 2 heterocycles. The Bertz CT molecular complexity index is 1000. The zero-order valence-corrected chi connectivity index (χ0v) is 25.0. The minimum atomic E-state index is -0.975. The molecule has 7 heteroatoms. The molecule has 220 valence electrons. The molecule has 13 atom stereocenters. The van der Waals surface area contributed by atoms with Crippen LogP contribution >= 0.6 is 0 Å². The van der Waals surface area contributed by atoms with E-state index in [4.69, 9.17) is 18.9 Å². The second-order valence-electron chi connectivity index (χ2n) is 15.2. The van der Waals surface area contributed by atoms with E-state index in [-0.39, 0.29) is 46.5 Å². The van der Waals surface area contributed by atoms with Crippen LogP contribution in [0.15, 0.2) is 0 Å². The van der Waals surface area contributed by atoms with Crippen LogP contribution in [0.25, 0.3) is 0 Å². The smallest absolute Gasteiger partial charge is 0.304 e. The lowest BCUT2D eigenvalue weighted by atomic mass is 9.44. The van der Waals surface area contributed by atoms with Crippen LogP contribution in [-0.4, -0.2) is 52.8 Å². The van der Waals surface area contributed by atoms with Gasteiger partial charge in [0.2, 0.25) is 6.29 Å². The van der Waals surface area contributed by atoms with E-state index in [9.17, 15) is 14.7 Å². The van der Waals surface area contributed by atoms with Gasteiger partial charge in [0.25, 0.3) is 0 Å². The molecule has 1 N–H and O–H groups in total. The molecule has 4 aliphatic carbocycles. The first-order valence-corrected chi connectivity index (χ1v) is 15.6. The van der Waals surface area contributed by atoms with Gasteiger partial charge in [-0.1, -0.05) is 20.8 Å². The lowest BCUT2D eigenvalue weighted by Gasteiger charge is -2.59. The molecule has 0 aromatic carbocycles. The first kappa shape index (κ1) is 28.0. The number of rotatable bonds is 5. The van der Waals surface area contributed by atoms with E-state index in [0.717, 1.165) is 25.7 Å². The second kappa shape index (κ2) is 9.16. The molecule has 13 unspecified atom stereocenters. The average molecular weight is 547 g/mol. The SMILES string of the molecule is CC(=O)OC1CCC2(C)C3CCC4(C)C(C(C)C5CC(C(C)(C)O)C(OC(C)=O)O5)CCC4C3CC3OC32C1. The molecule has 0 bridgehead atoms. The quantitative estimate of drug-likeness (QED) is 0.364. The maximum atomic E-state index is 11.8. The lowest BCUT2D eigenvalue weighted by Crippen LogP contribution is -2.59. The highest BCUT2D eigenvalue weighted by Crippen LogP contribution is 2.74. The minimum absolute atomic E-state index is 0.00219. The standard InChI is InChI=1S/C32H50O7/c1-17(26-15-25(29(4,5)35)28(38-26)37-19(3)34)22-8-9-23-21-14-27-32(39-27)16-20(36-18(2)33)10-13-31(32,7)24(21)11-12-30(22,23)6/h17,20-28,35H,8-16H2,1-7H3. The Morgan fingerprint density at radius 2 is 1.69 bits per heavy atom. The van der Waals surface area contributed by atoms with Crippen LogP contribution in [0.2, 0.25) is 0 Å². The van der Waals surface area contributed by atoms with Crippen molar-refractivity contribution < 1.29 is 33.6 Å². The first-order valence-electron chi connectivity index (χ1n) is 15.6. The minimum Gasteiger partial charge on any atom is -0.462 e. The number of epoxide rings is 1. The van der Waals surface area contributed by atoms with E-state index >= 15 is 0 Å². The largest absolute Gasteiger partial charge is 0.462 e. The zero-order valence-electron chi connectivity index (χ0n) is 25.0. The van der Waals surface area contributed by atoms with Crippen molar-refractivity contribution in [3.63, 3.8) is 0 Å². The van der Waals surface area contributed by atoms with Gasteiger partial charge < -0.3 is 24.1 Å². The maximum Gasteiger partial charge on any atom is 0.304 e. The predicted molar refractivity (Wildman–Crippen MR) is 144 cm³/mol. The highest BCUT2D eigenvalue weighted by atomic mass is 16.7. The van der Waals surface area contributed by atoms with Crippen molar-refractivity contribution in [3.8, 4) is 0 Å². The van der Waals surface area contributed by atoms with Crippen molar-refractivity contribution in [1.29, 1.82) is 0 Å². The molecule has 4 saturated carbocycles. The summed E-state index contributed by atoms with van der Waals surface area (Å²) in [6.07, 6.45) is 9.27. The second-order valence-corrected chi connectivity index (χ2v) is 15.2. The summed E-state index contributed by atoms with van der Waals surface area (Å²) in [6.45, 7) is 13.9. The predicted octanol–water partition coefficient (Wildman–Crippen LogP) is 5.41. The van der Waals surface area contributed by atoms with Crippen molar-refractivity contribution in [1.82, 2.24) is 0 Å². The van der Waals surface area contributed by atoms with Gasteiger partial charge in [-0.3, -0.25) is 9.59 Å². The van der Waals surface area contributed by atoms with Crippen molar-refractivity contribution in [2.24, 2.45) is 46.3 Å². The molecule has 0 aromatic heterocycles. The number of carbonyl (C=O) groups excluding carboxylic acids is 2. The third-order valence-corrected chi connectivity index (χ3v) is 13.0. The fourth-order valence-corrected chi connectivity index (χ4v) is 11.1. The number of hydrogen-bond donors (Lipinski definition) is 1. The number of aliphatic hydroxyl groups is 1. The number of hydrogen-bond acceptors (Lipinski definition) is 7. The third-order valence-electron chi connectivity index (χ3n) is 13.0. The van der Waals surface area contributed by atoms with Gasteiger partial charge in [0.15, 0.2) is 0 Å². The van der Waals surface area contributed by atoms with Crippen LogP contribution in [0.5, 0.6) is 0 Å². The van der Waals surface area contributed by atoms with Gasteiger partial charge in [0.05, 0.1) is 23.7 Å². The Kier molecular flexibility index (Phi) is 6.57. The normalized spacial score (nSPS) is 51.1. The van der Waals surface area contributed by atoms with Crippen molar-refractivity contribution in [2.45, 2.75) is 142 Å². The molecular weight excluding hydrogens is 496 g/mol. The summed E-state index contributed by atoms with van der Waals surface area (Å²) >= 11 is 0. The highest BCUT2D eigenvalue weighted by molar-refractivity contribution is 5.66. The number of carbonyl (C=O) groups is 2. The maximum absolute atomic E-state index is 11.8. The van der Waals surface area contributed by atoms with Crippen LogP contribution in [0.4, 0.5) is 0 Å². The number of fused-ring (bicyclic) bond motifs is 4. The van der Waals surface area contributed by atoms with E-state index in [1.807, 2.05) is 0 Å². The Morgan fingerprint density at radius 3 is 2.36 bits per heavy atom. The van der Waals surface area contributed by atoms with Gasteiger partial charge in [-0.2, -0.15) is 0 Å². The van der Waals surface area contributed by atoms with Crippen LogP contribution in [-0.2, 0) is 28.5 Å². The van der Waals surface area contributed by atoms with Crippen LogP contribution in [0.1, 0.15) is 106 Å². The third kappa shape index (κ3) is 4.22. The van der Waals surface area contributed by atoms with Crippen molar-refractivity contribution in [2.75, 3.05) is 0 Å². The topological polar surface area (TPSA) is 94.6 Å². The molecular formula is C32H50O7. The van der Waals surface area contributed by atoms with Crippen molar-refractivity contribution in [3.05, 3.63) is 0 Å². The van der Waals surface area contributed by atoms with Crippen LogP contribution in [0.3, 0.4) is 0 Å². The molecule has 2 saturated heterocycles. The Labute approximate surface area is 234 Å². The van der Waals surface area contributed by atoms with Gasteiger partial charge in [0.1, 0.15) is 11.7 Å². The number of ether oxygens (including phenoxy) is 4. The molecule has 6 aliphatic rings. The van der Waals surface area contributed by atoms with Gasteiger partial charge in [-0.05, 0) is 100 Å². The molecule has 0 radical (unpaired) electrons. The molecule has 6 rings (SSSR count).